The first-order chi connectivity index (χ1) is 15.0. The monoisotopic (exact) mass is 441 g/mol. The molecule has 31 heavy (non-hydrogen) atoms. The van der Waals surface area contributed by atoms with Gasteiger partial charge in [0.15, 0.2) is 28.3 Å². The fourth-order valence-corrected chi connectivity index (χ4v) is 4.99. The maximum atomic E-state index is 13.7. The van der Waals surface area contributed by atoms with E-state index in [-0.39, 0.29) is 16.9 Å². The molecule has 0 saturated carbocycles. The van der Waals surface area contributed by atoms with Crippen LogP contribution in [0.15, 0.2) is 53.6 Å². The van der Waals surface area contributed by atoms with Gasteiger partial charge in [0.05, 0.1) is 34.8 Å². The Hall–Kier alpha value is -3.60. The molecule has 1 aliphatic rings. The minimum absolute atomic E-state index is 0.0951. The average molecular weight is 441 g/mol. The van der Waals surface area contributed by atoms with Crippen LogP contribution < -0.4 is 15.4 Å². The third-order valence-electron chi connectivity index (χ3n) is 5.07. The van der Waals surface area contributed by atoms with E-state index in [2.05, 4.69) is 25.5 Å². The Morgan fingerprint density at radius 1 is 1.16 bits per heavy atom. The van der Waals surface area contributed by atoms with Crippen LogP contribution in [-0.2, 0) is 17.4 Å². The smallest absolute Gasteiger partial charge is 0.224 e. The zero-order chi connectivity index (χ0) is 21.5. The van der Waals surface area contributed by atoms with Gasteiger partial charge in [0.1, 0.15) is 5.82 Å². The summed E-state index contributed by atoms with van der Waals surface area (Å²) in [6, 6.07) is 10.6. The minimum Gasteiger partial charge on any atom is -0.368 e. The molecule has 2 aromatic carbocycles. The van der Waals surface area contributed by atoms with Crippen LogP contribution in [-0.4, -0.2) is 37.0 Å². The quantitative estimate of drug-likeness (QED) is 0.449. The lowest BCUT2D eigenvalue weighted by molar-refractivity contribution is 0.505. The van der Waals surface area contributed by atoms with E-state index < -0.39 is 22.6 Å². The van der Waals surface area contributed by atoms with Crippen molar-refractivity contribution in [3.05, 3.63) is 65.9 Å². The van der Waals surface area contributed by atoms with Gasteiger partial charge in [-0.05, 0) is 36.2 Å². The Morgan fingerprint density at radius 2 is 2.00 bits per heavy atom. The molecule has 2 aromatic heterocycles. The average Bonchev–Trinajstić information content (AvgIpc) is 3.23. The molecule has 158 valence electrons. The van der Waals surface area contributed by atoms with Crippen molar-refractivity contribution in [1.29, 1.82) is 0 Å². The van der Waals surface area contributed by atoms with E-state index >= 15 is 0 Å². The first kappa shape index (κ1) is 19.4. The number of benzene rings is 2. The molecule has 11 heteroatoms. The molecule has 1 aliphatic heterocycles. The number of aromatic nitrogens is 4. The van der Waals surface area contributed by atoms with Gasteiger partial charge < -0.3 is 11.1 Å². The van der Waals surface area contributed by atoms with Gasteiger partial charge in [0, 0.05) is 0 Å². The summed E-state index contributed by atoms with van der Waals surface area (Å²) in [5, 5.41) is 10.8. The molecule has 0 fully saturated rings. The lowest BCUT2D eigenvalue weighted by atomic mass is 9.99. The molecule has 5 rings (SSSR count). The number of rotatable bonds is 4. The zero-order valence-corrected chi connectivity index (χ0v) is 16.9. The number of hydrogen-bond donors (Lipinski definition) is 3. The number of H-pyrrole nitrogens is 1. The van der Waals surface area contributed by atoms with Crippen LogP contribution in [0, 0.1) is 11.6 Å². The second-order valence-corrected chi connectivity index (χ2v) is 8.53. The number of para-hydroxylation sites is 1. The van der Waals surface area contributed by atoms with E-state index in [0.717, 1.165) is 23.4 Å². The number of nitrogens with two attached hydrogens (primary N) is 1. The highest BCUT2D eigenvalue weighted by atomic mass is 32.2. The van der Waals surface area contributed by atoms with Crippen LogP contribution in [0.4, 0.5) is 26.2 Å². The Bertz CT molecular complexity index is 1310. The summed E-state index contributed by atoms with van der Waals surface area (Å²) in [6.07, 6.45) is 2.25. The van der Waals surface area contributed by atoms with E-state index in [9.17, 15) is 13.0 Å². The number of fused-ring (bicyclic) bond motifs is 2. The summed E-state index contributed by atoms with van der Waals surface area (Å²) in [5.74, 6) is -1.41. The maximum absolute atomic E-state index is 13.7. The Kier molecular flexibility index (Phi) is 4.74. The van der Waals surface area contributed by atoms with Gasteiger partial charge in [-0.3, -0.25) is 9.40 Å². The van der Waals surface area contributed by atoms with Crippen LogP contribution in [0.25, 0.3) is 11.0 Å². The summed E-state index contributed by atoms with van der Waals surface area (Å²) in [4.78, 5) is 8.57. The van der Waals surface area contributed by atoms with Crippen LogP contribution >= 0.6 is 0 Å². The van der Waals surface area contributed by atoms with Crippen LogP contribution in [0.5, 0.6) is 0 Å². The van der Waals surface area contributed by atoms with Crippen molar-refractivity contribution in [2.45, 2.75) is 17.4 Å². The van der Waals surface area contributed by atoms with Crippen LogP contribution in [0.2, 0.25) is 0 Å². The second kappa shape index (κ2) is 7.58. The summed E-state index contributed by atoms with van der Waals surface area (Å²) in [7, 11) is -1.74. The predicted octanol–water partition coefficient (Wildman–Crippen LogP) is 2.78. The zero-order valence-electron chi connectivity index (χ0n) is 16.0. The Balaban J connectivity index is 1.49. The lowest BCUT2D eigenvalue weighted by Gasteiger charge is -2.35. The van der Waals surface area contributed by atoms with Gasteiger partial charge in [-0.25, -0.2) is 13.0 Å². The molecule has 4 aromatic rings. The molecule has 3 heterocycles. The summed E-state index contributed by atoms with van der Waals surface area (Å²) in [6.45, 7) is 0.339. The number of anilines is 3. The fourth-order valence-electron chi connectivity index (χ4n) is 3.68. The molecule has 0 spiro atoms. The number of hydrogen-bond acceptors (Lipinski definition) is 6. The lowest BCUT2D eigenvalue weighted by Crippen LogP contribution is -2.43. The number of nitrogens with zero attached hydrogens (tertiary/aromatic N) is 4. The van der Waals surface area contributed by atoms with Crippen molar-refractivity contribution < 1.29 is 13.0 Å². The molecule has 8 nitrogen and oxygen atoms in total. The SMILES string of the molecule is Nc1nc(NC2Cc3ccccc3N(S(=O)c3ccc(F)c(F)c3)C2)c2cn[nH]c2n1. The van der Waals surface area contributed by atoms with Gasteiger partial charge in [-0.15, -0.1) is 0 Å². The normalized spacial score (nSPS) is 16.8. The Labute approximate surface area is 178 Å². The van der Waals surface area contributed by atoms with Crippen molar-refractivity contribution in [1.82, 2.24) is 20.2 Å². The number of nitrogen functional groups attached to an aromatic ring is 1. The highest BCUT2D eigenvalue weighted by Crippen LogP contribution is 2.32. The maximum Gasteiger partial charge on any atom is 0.224 e. The van der Waals surface area contributed by atoms with Gasteiger partial charge in [0.2, 0.25) is 5.95 Å². The van der Waals surface area contributed by atoms with Crippen molar-refractivity contribution in [3.63, 3.8) is 0 Å². The second-order valence-electron chi connectivity index (χ2n) is 7.12. The standard InChI is InChI=1S/C20H17F2N7OS/c21-15-6-5-13(8-16(15)22)31(30)29-10-12(7-11-3-1-2-4-17(11)29)25-18-14-9-24-28-19(14)27-20(23)26-18/h1-6,8-9,12H,7,10H2,(H4,23,24,25,26,27,28). The van der Waals surface area contributed by atoms with Gasteiger partial charge in [-0.2, -0.15) is 15.1 Å². The van der Waals surface area contributed by atoms with Crippen LogP contribution in [0.3, 0.4) is 0 Å². The summed E-state index contributed by atoms with van der Waals surface area (Å²) in [5.41, 5.74) is 8.06. The Morgan fingerprint density at radius 3 is 2.84 bits per heavy atom. The van der Waals surface area contributed by atoms with Gasteiger partial charge >= 0.3 is 0 Å². The molecular formula is C20H17F2N7OS. The highest BCUT2D eigenvalue weighted by molar-refractivity contribution is 7.86. The third kappa shape index (κ3) is 3.56. The molecular weight excluding hydrogens is 424 g/mol. The van der Waals surface area contributed by atoms with Crippen molar-refractivity contribution >= 4 is 39.5 Å². The molecule has 0 aliphatic carbocycles. The molecule has 0 saturated heterocycles. The third-order valence-corrected chi connectivity index (χ3v) is 6.48. The van der Waals surface area contributed by atoms with E-state index in [1.807, 2.05) is 24.3 Å². The predicted molar refractivity (Wildman–Crippen MR) is 114 cm³/mol. The number of halogens is 2. The van der Waals surface area contributed by atoms with Gasteiger partial charge in [-0.1, -0.05) is 18.2 Å². The molecule has 2 atom stereocenters. The summed E-state index contributed by atoms with van der Waals surface area (Å²) >= 11 is 0. The van der Waals surface area contributed by atoms with Crippen molar-refractivity contribution in [2.75, 3.05) is 21.9 Å². The van der Waals surface area contributed by atoms with Crippen molar-refractivity contribution in [3.8, 4) is 0 Å². The highest BCUT2D eigenvalue weighted by Gasteiger charge is 2.29. The fraction of sp³-hybridized carbons (Fsp3) is 0.150. The molecule has 0 radical (unpaired) electrons. The first-order valence-corrected chi connectivity index (χ1v) is 10.6. The van der Waals surface area contributed by atoms with Gasteiger partial charge in [0.25, 0.3) is 0 Å². The minimum atomic E-state index is -1.74. The molecule has 0 amide bonds. The van der Waals surface area contributed by atoms with E-state index in [1.165, 1.54) is 6.07 Å². The van der Waals surface area contributed by atoms with E-state index in [0.29, 0.717) is 29.8 Å². The summed E-state index contributed by atoms with van der Waals surface area (Å²) < 4.78 is 42.1. The largest absolute Gasteiger partial charge is 0.368 e. The molecule has 0 bridgehead atoms. The van der Waals surface area contributed by atoms with Crippen molar-refractivity contribution in [2.24, 2.45) is 0 Å². The van der Waals surface area contributed by atoms with E-state index in [4.69, 9.17) is 5.73 Å². The number of aromatic amines is 1. The van der Waals surface area contributed by atoms with Crippen LogP contribution in [0.1, 0.15) is 5.56 Å². The number of nitrogens with one attached hydrogen (secondary N) is 2. The first-order valence-electron chi connectivity index (χ1n) is 9.45. The molecule has 4 N–H and O–H groups in total. The topological polar surface area (TPSA) is 113 Å². The van der Waals surface area contributed by atoms with E-state index in [1.54, 1.807) is 10.5 Å². The molecule has 2 unspecified atom stereocenters.